The van der Waals surface area contributed by atoms with Gasteiger partial charge < -0.3 is 19.7 Å². The Bertz CT molecular complexity index is 915. The van der Waals surface area contributed by atoms with Gasteiger partial charge in [-0.25, -0.2) is 0 Å². The number of nitrogens with zero attached hydrogens (tertiary/aromatic N) is 1. The molecule has 2 amide bonds. The van der Waals surface area contributed by atoms with Crippen LogP contribution in [0.1, 0.15) is 17.5 Å². The minimum Gasteiger partial charge on any atom is -0.454 e. The van der Waals surface area contributed by atoms with E-state index in [1.165, 1.54) is 30.1 Å². The van der Waals surface area contributed by atoms with Gasteiger partial charge in [-0.1, -0.05) is 18.2 Å². The monoisotopic (exact) mass is 408 g/mol. The van der Waals surface area contributed by atoms with Crippen molar-refractivity contribution >= 4 is 17.5 Å². The van der Waals surface area contributed by atoms with Gasteiger partial charge in [-0.15, -0.1) is 0 Å². The molecule has 0 saturated heterocycles. The molecule has 0 radical (unpaired) electrons. The van der Waals surface area contributed by atoms with Crippen molar-refractivity contribution in [2.45, 2.75) is 19.0 Å². The van der Waals surface area contributed by atoms with Gasteiger partial charge in [-0.05, 0) is 36.2 Å². The molecule has 6 nitrogen and oxygen atoms in total. The highest BCUT2D eigenvalue weighted by atomic mass is 19.4. The number of hydrogen-bond donors (Lipinski definition) is 1. The molecule has 9 heteroatoms. The molecule has 2 aromatic carbocycles. The van der Waals surface area contributed by atoms with Gasteiger partial charge in [0.15, 0.2) is 11.5 Å². The molecule has 3 rings (SSSR count). The largest absolute Gasteiger partial charge is 0.454 e. The zero-order valence-corrected chi connectivity index (χ0v) is 15.6. The van der Waals surface area contributed by atoms with E-state index in [0.29, 0.717) is 17.9 Å². The Morgan fingerprint density at radius 3 is 2.59 bits per heavy atom. The normalized spacial score (nSPS) is 12.6. The molecule has 0 aromatic heterocycles. The maximum atomic E-state index is 13.0. The van der Waals surface area contributed by atoms with E-state index in [1.807, 2.05) is 6.07 Å². The number of hydrogen-bond acceptors (Lipinski definition) is 4. The Labute approximate surface area is 165 Å². The summed E-state index contributed by atoms with van der Waals surface area (Å²) in [5.74, 6) is 0.251. The van der Waals surface area contributed by atoms with E-state index in [1.54, 1.807) is 12.1 Å². The first kappa shape index (κ1) is 20.5. The van der Waals surface area contributed by atoms with Crippen molar-refractivity contribution in [1.29, 1.82) is 0 Å². The van der Waals surface area contributed by atoms with E-state index in [4.69, 9.17) is 9.47 Å². The van der Waals surface area contributed by atoms with Gasteiger partial charge in [0.25, 0.3) is 0 Å². The van der Waals surface area contributed by atoms with Crippen LogP contribution in [-0.4, -0.2) is 37.1 Å². The molecule has 0 saturated carbocycles. The zero-order chi connectivity index (χ0) is 21.0. The highest BCUT2D eigenvalue weighted by Crippen LogP contribution is 2.34. The van der Waals surface area contributed by atoms with Gasteiger partial charge in [0.2, 0.25) is 18.6 Å². The Morgan fingerprint density at radius 1 is 1.10 bits per heavy atom. The van der Waals surface area contributed by atoms with Crippen molar-refractivity contribution in [2.75, 3.05) is 25.7 Å². The summed E-state index contributed by atoms with van der Waals surface area (Å²) in [7, 11) is 1.43. The number of carbonyl (C=O) groups excluding carboxylic acids is 2. The van der Waals surface area contributed by atoms with Crippen LogP contribution in [0.15, 0.2) is 42.5 Å². The molecule has 1 aliphatic heterocycles. The molecule has 0 aliphatic carbocycles. The van der Waals surface area contributed by atoms with Crippen LogP contribution in [-0.2, 0) is 22.2 Å². The lowest BCUT2D eigenvalue weighted by molar-refractivity contribution is -0.137. The Balaban J connectivity index is 1.52. The van der Waals surface area contributed by atoms with E-state index < -0.39 is 17.6 Å². The summed E-state index contributed by atoms with van der Waals surface area (Å²) in [5, 5.41) is 2.22. The second kappa shape index (κ2) is 8.42. The number of anilines is 1. The van der Waals surface area contributed by atoms with Crippen molar-refractivity contribution in [1.82, 2.24) is 4.90 Å². The van der Waals surface area contributed by atoms with Crippen molar-refractivity contribution in [3.8, 4) is 11.5 Å². The van der Waals surface area contributed by atoms with Crippen molar-refractivity contribution < 1.29 is 32.2 Å². The summed E-state index contributed by atoms with van der Waals surface area (Å²) < 4.78 is 49.5. The van der Waals surface area contributed by atoms with Gasteiger partial charge in [0, 0.05) is 13.5 Å². The molecular weight excluding hydrogens is 389 g/mol. The topological polar surface area (TPSA) is 67.9 Å². The fraction of sp³-hybridized carbons (Fsp3) is 0.300. The number of carbonyl (C=O) groups is 2. The third-order valence-electron chi connectivity index (χ3n) is 4.38. The molecule has 0 fully saturated rings. The van der Waals surface area contributed by atoms with Gasteiger partial charge in [-0.2, -0.15) is 13.2 Å². The summed E-state index contributed by atoms with van der Waals surface area (Å²) in [5.41, 5.74) is -0.407. The van der Waals surface area contributed by atoms with Crippen LogP contribution in [0.2, 0.25) is 0 Å². The van der Waals surface area contributed by atoms with Crippen LogP contribution < -0.4 is 14.8 Å². The number of benzene rings is 2. The van der Waals surface area contributed by atoms with Gasteiger partial charge in [0.05, 0.1) is 17.8 Å². The average molecular weight is 408 g/mol. The third kappa shape index (κ3) is 5.18. The van der Waals surface area contributed by atoms with E-state index in [-0.39, 0.29) is 31.4 Å². The van der Waals surface area contributed by atoms with Gasteiger partial charge in [-0.3, -0.25) is 9.59 Å². The Hall–Kier alpha value is -3.23. The minimum absolute atomic E-state index is 0.141. The Kier molecular flexibility index (Phi) is 5.95. The lowest BCUT2D eigenvalue weighted by Gasteiger charge is -2.18. The third-order valence-corrected chi connectivity index (χ3v) is 4.38. The van der Waals surface area contributed by atoms with Gasteiger partial charge >= 0.3 is 6.18 Å². The summed E-state index contributed by atoms with van der Waals surface area (Å²) >= 11 is 0. The number of alkyl halides is 3. The number of aryl methyl sites for hydroxylation is 1. The molecule has 0 spiro atoms. The predicted octanol–water partition coefficient (Wildman–Crippen LogP) is 3.46. The number of amides is 2. The molecule has 1 heterocycles. The maximum absolute atomic E-state index is 13.0. The van der Waals surface area contributed by atoms with E-state index in [9.17, 15) is 22.8 Å². The van der Waals surface area contributed by atoms with Crippen molar-refractivity contribution in [3.63, 3.8) is 0 Å². The highest BCUT2D eigenvalue weighted by molar-refractivity contribution is 5.95. The molecule has 1 N–H and O–H groups in total. The first-order valence-corrected chi connectivity index (χ1v) is 8.82. The first-order valence-electron chi connectivity index (χ1n) is 8.82. The zero-order valence-electron chi connectivity index (χ0n) is 15.6. The molecule has 0 bridgehead atoms. The smallest absolute Gasteiger partial charge is 0.418 e. The summed E-state index contributed by atoms with van der Waals surface area (Å²) in [6, 6.07) is 10.1. The fourth-order valence-corrected chi connectivity index (χ4v) is 2.87. The van der Waals surface area contributed by atoms with Gasteiger partial charge in [0.1, 0.15) is 0 Å². The molecule has 2 aromatic rings. The van der Waals surface area contributed by atoms with E-state index in [0.717, 1.165) is 11.6 Å². The molecule has 0 unspecified atom stereocenters. The lowest BCUT2D eigenvalue weighted by Crippen LogP contribution is -2.35. The van der Waals surface area contributed by atoms with Crippen LogP contribution >= 0.6 is 0 Å². The standard InChI is InChI=1S/C20H19F3N2O4/c1-25(11-18(26)24-15-5-3-2-4-14(15)20(21,22)23)19(27)9-7-13-6-8-16-17(10-13)29-12-28-16/h2-6,8,10H,7,9,11-12H2,1H3,(H,24,26). The summed E-state index contributed by atoms with van der Waals surface area (Å²) in [6.07, 6.45) is -4.02. The number of rotatable bonds is 6. The quantitative estimate of drug-likeness (QED) is 0.795. The number of ether oxygens (including phenoxy) is 2. The number of halogens is 3. The van der Waals surface area contributed by atoms with Crippen LogP contribution in [0.5, 0.6) is 11.5 Å². The minimum atomic E-state index is -4.59. The first-order chi connectivity index (χ1) is 13.7. The SMILES string of the molecule is CN(CC(=O)Nc1ccccc1C(F)(F)F)C(=O)CCc1ccc2c(c1)OCO2. The average Bonchev–Trinajstić information content (AvgIpc) is 3.13. The lowest BCUT2D eigenvalue weighted by atomic mass is 10.1. The molecule has 154 valence electrons. The predicted molar refractivity (Wildman–Crippen MR) is 98.6 cm³/mol. The molecule has 29 heavy (non-hydrogen) atoms. The molecule has 0 atom stereocenters. The number of likely N-dealkylation sites (N-methyl/N-ethyl adjacent to an activating group) is 1. The number of para-hydroxylation sites is 1. The summed E-state index contributed by atoms with van der Waals surface area (Å²) in [6.45, 7) is -0.195. The molecular formula is C20H19F3N2O4. The van der Waals surface area contributed by atoms with Crippen molar-refractivity contribution in [2.24, 2.45) is 0 Å². The van der Waals surface area contributed by atoms with Crippen LogP contribution in [0.4, 0.5) is 18.9 Å². The summed E-state index contributed by atoms with van der Waals surface area (Å²) in [4.78, 5) is 25.6. The van der Waals surface area contributed by atoms with Crippen LogP contribution in [0.25, 0.3) is 0 Å². The van der Waals surface area contributed by atoms with Crippen molar-refractivity contribution in [3.05, 3.63) is 53.6 Å². The van der Waals surface area contributed by atoms with Crippen LogP contribution in [0.3, 0.4) is 0 Å². The van der Waals surface area contributed by atoms with E-state index in [2.05, 4.69) is 5.32 Å². The Morgan fingerprint density at radius 2 is 1.83 bits per heavy atom. The fourth-order valence-electron chi connectivity index (χ4n) is 2.87. The highest BCUT2D eigenvalue weighted by Gasteiger charge is 2.33. The maximum Gasteiger partial charge on any atom is 0.418 e. The second-order valence-electron chi connectivity index (χ2n) is 6.53. The molecule has 1 aliphatic rings. The van der Waals surface area contributed by atoms with Crippen LogP contribution in [0, 0.1) is 0 Å². The number of nitrogens with one attached hydrogen (secondary N) is 1. The second-order valence-corrected chi connectivity index (χ2v) is 6.53. The van der Waals surface area contributed by atoms with E-state index >= 15 is 0 Å². The number of fused-ring (bicyclic) bond motifs is 1.